The molecule has 5 nitrogen and oxygen atoms in total. The van der Waals surface area contributed by atoms with Crippen molar-refractivity contribution in [2.75, 3.05) is 12.3 Å². The molecule has 1 heterocycles. The number of hydrogen-bond donors (Lipinski definition) is 0. The molecule has 1 rings (SSSR count). The topological polar surface area (TPSA) is 71.5 Å². The smallest absolute Gasteiger partial charge is 0.248 e. The number of rotatable bonds is 8. The van der Waals surface area contributed by atoms with Crippen LogP contribution in [-0.2, 0) is 19.4 Å². The van der Waals surface area contributed by atoms with Gasteiger partial charge in [0.1, 0.15) is 4.32 Å². The van der Waals surface area contributed by atoms with E-state index in [2.05, 4.69) is 0 Å². The summed E-state index contributed by atoms with van der Waals surface area (Å²) in [6, 6.07) is 0. The fourth-order valence-corrected chi connectivity index (χ4v) is 4.43. The number of hydrogen-bond acceptors (Lipinski definition) is 6. The Morgan fingerprint density at radius 2 is 2.10 bits per heavy atom. The molecule has 0 aromatic carbocycles. The van der Waals surface area contributed by atoms with Crippen molar-refractivity contribution in [1.82, 2.24) is 4.90 Å². The first-order valence-electron chi connectivity index (χ1n) is 7.04. The molecule has 0 bridgehead atoms. The maximum absolute atomic E-state index is 12.1. The van der Waals surface area contributed by atoms with E-state index in [0.717, 1.165) is 19.3 Å². The third-order valence-electron chi connectivity index (χ3n) is 3.44. The molecule has 1 unspecified atom stereocenters. The number of nitrogens with zero attached hydrogens (tertiary/aromatic N) is 1. The van der Waals surface area contributed by atoms with E-state index in [1.54, 1.807) is 6.92 Å². The van der Waals surface area contributed by atoms with Gasteiger partial charge < -0.3 is 0 Å². The van der Waals surface area contributed by atoms with Crippen molar-refractivity contribution >= 4 is 49.2 Å². The zero-order chi connectivity index (χ0) is 16.0. The van der Waals surface area contributed by atoms with Crippen LogP contribution < -0.4 is 0 Å². The molecule has 0 spiro atoms. The number of carbonyl (C=O) groups is 2. The molecule has 0 N–H and O–H groups in total. The quantitative estimate of drug-likeness (QED) is 0.493. The van der Waals surface area contributed by atoms with Gasteiger partial charge in [0.2, 0.25) is 20.9 Å². The first-order valence-corrected chi connectivity index (χ1v) is 9.98. The fraction of sp³-hybridized carbons (Fsp3) is 0.769. The minimum absolute atomic E-state index is 0.0599. The van der Waals surface area contributed by atoms with E-state index in [-0.39, 0.29) is 24.6 Å². The van der Waals surface area contributed by atoms with Crippen molar-refractivity contribution < 1.29 is 18.0 Å². The standard InChI is InChI=1S/C13H21NO4S3/c1-3-4-5-6-10(2)21(17,18)12(16)7-8-14-11(15)9-20-13(14)19/h10H,3-9H2,1-2H3. The molecular formula is C13H21NO4S3. The normalized spacial score (nSPS) is 17.3. The Labute approximate surface area is 135 Å². The summed E-state index contributed by atoms with van der Waals surface area (Å²) >= 11 is 6.23. The van der Waals surface area contributed by atoms with Crippen molar-refractivity contribution in [2.45, 2.75) is 51.2 Å². The summed E-state index contributed by atoms with van der Waals surface area (Å²) in [4.78, 5) is 24.8. The lowest BCUT2D eigenvalue weighted by Gasteiger charge is -2.15. The molecular weight excluding hydrogens is 330 g/mol. The number of unbranched alkanes of at least 4 members (excludes halogenated alkanes) is 2. The lowest BCUT2D eigenvalue weighted by molar-refractivity contribution is -0.124. The molecule has 0 radical (unpaired) electrons. The van der Waals surface area contributed by atoms with Gasteiger partial charge in [0.15, 0.2) is 0 Å². The molecule has 1 aliphatic heterocycles. The van der Waals surface area contributed by atoms with Crippen LogP contribution in [0.15, 0.2) is 0 Å². The number of carbonyl (C=O) groups excluding carboxylic acids is 2. The van der Waals surface area contributed by atoms with Gasteiger partial charge in [0.25, 0.3) is 0 Å². The van der Waals surface area contributed by atoms with Gasteiger partial charge in [-0.25, -0.2) is 8.42 Å². The zero-order valence-corrected chi connectivity index (χ0v) is 14.8. The molecule has 8 heteroatoms. The minimum Gasteiger partial charge on any atom is -0.297 e. The van der Waals surface area contributed by atoms with Gasteiger partial charge in [-0.1, -0.05) is 50.2 Å². The van der Waals surface area contributed by atoms with Crippen molar-refractivity contribution in [1.29, 1.82) is 0 Å². The Morgan fingerprint density at radius 1 is 1.43 bits per heavy atom. The first-order chi connectivity index (χ1) is 9.80. The molecule has 21 heavy (non-hydrogen) atoms. The first kappa shape index (κ1) is 18.6. The van der Waals surface area contributed by atoms with E-state index in [1.807, 2.05) is 6.92 Å². The van der Waals surface area contributed by atoms with Crippen LogP contribution >= 0.6 is 24.0 Å². The summed E-state index contributed by atoms with van der Waals surface area (Å²) in [7, 11) is -3.77. The highest BCUT2D eigenvalue weighted by Crippen LogP contribution is 2.20. The molecule has 0 aromatic rings. The molecule has 1 amide bonds. The monoisotopic (exact) mass is 351 g/mol. The third kappa shape index (κ3) is 5.03. The number of sulfone groups is 1. The van der Waals surface area contributed by atoms with Crippen LogP contribution in [0.25, 0.3) is 0 Å². The molecule has 1 atom stereocenters. The third-order valence-corrected chi connectivity index (χ3v) is 7.01. The van der Waals surface area contributed by atoms with Gasteiger partial charge in [-0.05, 0) is 13.3 Å². The van der Waals surface area contributed by atoms with Gasteiger partial charge in [-0.3, -0.25) is 14.5 Å². The average Bonchev–Trinajstić information content (AvgIpc) is 2.75. The second-order valence-electron chi connectivity index (χ2n) is 5.07. The lowest BCUT2D eigenvalue weighted by Crippen LogP contribution is -2.33. The number of amides is 1. The Bertz CT molecular complexity index is 500. The van der Waals surface area contributed by atoms with E-state index in [9.17, 15) is 18.0 Å². The molecule has 1 aliphatic rings. The molecule has 0 saturated carbocycles. The largest absolute Gasteiger partial charge is 0.297 e. The maximum atomic E-state index is 12.1. The zero-order valence-electron chi connectivity index (χ0n) is 12.3. The highest BCUT2D eigenvalue weighted by Gasteiger charge is 2.32. The Kier molecular flexibility index (Phi) is 7.29. The van der Waals surface area contributed by atoms with Crippen molar-refractivity contribution in [3.8, 4) is 0 Å². The van der Waals surface area contributed by atoms with Crippen molar-refractivity contribution in [3.63, 3.8) is 0 Å². The second-order valence-corrected chi connectivity index (χ2v) is 9.03. The van der Waals surface area contributed by atoms with E-state index in [0.29, 0.717) is 10.7 Å². The van der Waals surface area contributed by atoms with Crippen LogP contribution in [0.2, 0.25) is 0 Å². The van der Waals surface area contributed by atoms with Crippen LogP contribution in [0.1, 0.15) is 46.0 Å². The predicted molar refractivity (Wildman–Crippen MR) is 88.9 cm³/mol. The van der Waals surface area contributed by atoms with Crippen LogP contribution in [0, 0.1) is 0 Å². The van der Waals surface area contributed by atoms with Crippen LogP contribution in [0.4, 0.5) is 0 Å². The minimum atomic E-state index is -3.77. The predicted octanol–water partition coefficient (Wildman–Crippen LogP) is 2.15. The van der Waals surface area contributed by atoms with E-state index >= 15 is 0 Å². The summed E-state index contributed by atoms with van der Waals surface area (Å²) in [6.45, 7) is 3.67. The Morgan fingerprint density at radius 3 is 2.62 bits per heavy atom. The number of thioether (sulfide) groups is 1. The van der Waals surface area contributed by atoms with Gasteiger partial charge >= 0.3 is 0 Å². The van der Waals surface area contributed by atoms with Crippen LogP contribution in [-0.4, -0.2) is 46.2 Å². The molecule has 1 saturated heterocycles. The van der Waals surface area contributed by atoms with E-state index in [1.165, 1.54) is 16.7 Å². The van der Waals surface area contributed by atoms with Gasteiger partial charge in [0, 0.05) is 13.0 Å². The fourth-order valence-electron chi connectivity index (χ4n) is 2.00. The van der Waals surface area contributed by atoms with Crippen molar-refractivity contribution in [3.05, 3.63) is 0 Å². The summed E-state index contributed by atoms with van der Waals surface area (Å²) < 4.78 is 24.6. The SMILES string of the molecule is CCCCCC(C)S(=O)(=O)C(=O)CCN1C(=O)CSC1=S. The number of thiocarbonyl (C=S) groups is 1. The summed E-state index contributed by atoms with van der Waals surface area (Å²) in [5.74, 6) is 0.110. The van der Waals surface area contributed by atoms with Gasteiger partial charge in [-0.2, -0.15) is 0 Å². The molecule has 1 fully saturated rings. The Balaban J connectivity index is 2.53. The van der Waals surface area contributed by atoms with Crippen LogP contribution in [0.3, 0.4) is 0 Å². The van der Waals surface area contributed by atoms with Gasteiger partial charge in [-0.15, -0.1) is 0 Å². The average molecular weight is 352 g/mol. The highest BCUT2D eigenvalue weighted by atomic mass is 32.2. The summed E-state index contributed by atoms with van der Waals surface area (Å²) in [5.41, 5.74) is 0. The van der Waals surface area contributed by atoms with E-state index in [4.69, 9.17) is 12.2 Å². The van der Waals surface area contributed by atoms with E-state index < -0.39 is 20.2 Å². The molecule has 0 aliphatic carbocycles. The molecule has 0 aromatic heterocycles. The maximum Gasteiger partial charge on any atom is 0.248 e. The van der Waals surface area contributed by atoms with Crippen molar-refractivity contribution in [2.24, 2.45) is 0 Å². The summed E-state index contributed by atoms with van der Waals surface area (Å²) in [5, 5.41) is -1.45. The summed E-state index contributed by atoms with van der Waals surface area (Å²) in [6.07, 6.45) is 3.08. The van der Waals surface area contributed by atoms with Gasteiger partial charge in [0.05, 0.1) is 11.0 Å². The lowest BCUT2D eigenvalue weighted by atomic mass is 10.2. The Hall–Kier alpha value is -0.470. The second kappa shape index (κ2) is 8.24. The highest BCUT2D eigenvalue weighted by molar-refractivity contribution is 8.23. The van der Waals surface area contributed by atoms with Crippen LogP contribution in [0.5, 0.6) is 0 Å². The molecule has 120 valence electrons.